The van der Waals surface area contributed by atoms with Gasteiger partial charge in [-0.05, 0) is 25.3 Å². The summed E-state index contributed by atoms with van der Waals surface area (Å²) in [6.07, 6.45) is 0.240. The zero-order chi connectivity index (χ0) is 14.0. The van der Waals surface area contributed by atoms with Crippen LogP contribution >= 0.6 is 22.9 Å². The quantitative estimate of drug-likeness (QED) is 0.795. The summed E-state index contributed by atoms with van der Waals surface area (Å²) in [6.45, 7) is 4.51. The van der Waals surface area contributed by atoms with Crippen LogP contribution in [0.5, 0.6) is 5.75 Å². The summed E-state index contributed by atoms with van der Waals surface area (Å²) < 4.78 is 6.94. The zero-order valence-electron chi connectivity index (χ0n) is 11.1. The number of rotatable bonds is 5. The number of aromatic nitrogens is 2. The lowest BCUT2D eigenvalue weighted by molar-refractivity contribution is 0.0992. The molecule has 2 rings (SSSR count). The first-order valence-corrected chi connectivity index (χ1v) is 7.20. The second kappa shape index (κ2) is 5.75. The number of carbonyl (C=O) groups excluding carboxylic acids is 1. The van der Waals surface area contributed by atoms with E-state index in [-0.39, 0.29) is 12.2 Å². The third-order valence-corrected chi connectivity index (χ3v) is 4.31. The highest BCUT2D eigenvalue weighted by Crippen LogP contribution is 2.28. The van der Waals surface area contributed by atoms with E-state index in [1.807, 2.05) is 19.2 Å². The van der Waals surface area contributed by atoms with E-state index >= 15 is 0 Å². The minimum atomic E-state index is 0.00310. The van der Waals surface area contributed by atoms with E-state index in [0.717, 1.165) is 11.4 Å². The van der Waals surface area contributed by atoms with Crippen LogP contribution in [0.3, 0.4) is 0 Å². The molecule has 0 fully saturated rings. The number of carbonyl (C=O) groups is 1. The van der Waals surface area contributed by atoms with Crippen molar-refractivity contribution in [1.82, 2.24) is 9.78 Å². The van der Waals surface area contributed by atoms with Crippen molar-refractivity contribution in [2.75, 3.05) is 7.11 Å². The first-order chi connectivity index (χ1) is 9.08. The normalized spacial score (nSPS) is 10.7. The molecule has 4 nitrogen and oxygen atoms in total. The van der Waals surface area contributed by atoms with Crippen molar-refractivity contribution >= 4 is 28.7 Å². The lowest BCUT2D eigenvalue weighted by Gasteiger charge is -2.05. The topological polar surface area (TPSA) is 44.1 Å². The number of halogens is 1. The lowest BCUT2D eigenvalue weighted by Crippen LogP contribution is -2.09. The maximum absolute atomic E-state index is 12.3. The fourth-order valence-corrected chi connectivity index (χ4v) is 2.93. The van der Waals surface area contributed by atoms with E-state index in [0.29, 0.717) is 22.2 Å². The molecule has 0 radical (unpaired) electrons. The smallest absolute Gasteiger partial charge is 0.182 e. The second-order valence-electron chi connectivity index (χ2n) is 4.08. The Morgan fingerprint density at radius 1 is 1.58 bits per heavy atom. The maximum Gasteiger partial charge on any atom is 0.182 e. The number of nitrogens with zero attached hydrogens (tertiary/aromatic N) is 2. The highest BCUT2D eigenvalue weighted by Gasteiger charge is 2.20. The molecule has 0 aliphatic carbocycles. The molecule has 0 atom stereocenters. The van der Waals surface area contributed by atoms with Crippen molar-refractivity contribution < 1.29 is 9.53 Å². The van der Waals surface area contributed by atoms with Gasteiger partial charge in [0, 0.05) is 6.54 Å². The molecule has 6 heteroatoms. The summed E-state index contributed by atoms with van der Waals surface area (Å²) in [6, 6.07) is 1.79. The zero-order valence-corrected chi connectivity index (χ0v) is 12.6. The standard InChI is InChI=1S/C13H15ClN2O2S/c1-4-16-9(12(14)8(2)15-16)7-10(17)13-11(18-3)5-6-19-13/h5-6H,4,7H2,1-3H3. The molecule has 2 heterocycles. The second-order valence-corrected chi connectivity index (χ2v) is 5.37. The molecule has 0 amide bonds. The molecule has 102 valence electrons. The molecular weight excluding hydrogens is 284 g/mol. The maximum atomic E-state index is 12.3. The summed E-state index contributed by atoms with van der Waals surface area (Å²) in [5, 5.41) is 6.73. The van der Waals surface area contributed by atoms with Crippen LogP contribution in [0.15, 0.2) is 11.4 Å². The third kappa shape index (κ3) is 2.67. The molecule has 2 aromatic rings. The fourth-order valence-electron chi connectivity index (χ4n) is 1.93. The molecule has 0 saturated heterocycles. The van der Waals surface area contributed by atoms with Crippen molar-refractivity contribution in [3.05, 3.63) is 32.7 Å². The van der Waals surface area contributed by atoms with Crippen LogP contribution in [0.25, 0.3) is 0 Å². The van der Waals surface area contributed by atoms with Crippen LogP contribution in [-0.2, 0) is 13.0 Å². The van der Waals surface area contributed by atoms with Crippen LogP contribution in [0.1, 0.15) is 28.0 Å². The van der Waals surface area contributed by atoms with Gasteiger partial charge in [-0.3, -0.25) is 9.48 Å². The molecule has 0 saturated carbocycles. The van der Waals surface area contributed by atoms with Gasteiger partial charge in [0.25, 0.3) is 0 Å². The first-order valence-electron chi connectivity index (χ1n) is 5.94. The number of methoxy groups -OCH3 is 1. The van der Waals surface area contributed by atoms with Gasteiger partial charge in [-0.15, -0.1) is 11.3 Å². The Hall–Kier alpha value is -1.33. The third-order valence-electron chi connectivity index (χ3n) is 2.88. The van der Waals surface area contributed by atoms with E-state index in [1.54, 1.807) is 17.9 Å². The van der Waals surface area contributed by atoms with Crippen LogP contribution in [0, 0.1) is 6.92 Å². The largest absolute Gasteiger partial charge is 0.495 e. The number of thiophene rings is 1. The first kappa shape index (κ1) is 14.1. The highest BCUT2D eigenvalue weighted by molar-refractivity contribution is 7.12. The molecule has 0 aromatic carbocycles. The van der Waals surface area contributed by atoms with Gasteiger partial charge in [0.2, 0.25) is 0 Å². The predicted molar refractivity (Wildman–Crippen MR) is 76.6 cm³/mol. The summed E-state index contributed by atoms with van der Waals surface area (Å²) >= 11 is 7.59. The van der Waals surface area contributed by atoms with E-state index in [4.69, 9.17) is 16.3 Å². The van der Waals surface area contributed by atoms with Crippen LogP contribution in [0.4, 0.5) is 0 Å². The van der Waals surface area contributed by atoms with Gasteiger partial charge in [-0.25, -0.2) is 0 Å². The van der Waals surface area contributed by atoms with Gasteiger partial charge >= 0.3 is 0 Å². The molecule has 19 heavy (non-hydrogen) atoms. The summed E-state index contributed by atoms with van der Waals surface area (Å²) in [4.78, 5) is 12.9. The number of hydrogen-bond donors (Lipinski definition) is 0. The van der Waals surface area contributed by atoms with E-state index in [9.17, 15) is 4.79 Å². The average molecular weight is 299 g/mol. The van der Waals surface area contributed by atoms with Gasteiger partial charge in [0.1, 0.15) is 10.6 Å². The van der Waals surface area contributed by atoms with Crippen LogP contribution in [0.2, 0.25) is 5.02 Å². The Morgan fingerprint density at radius 3 is 2.95 bits per heavy atom. The van der Waals surface area contributed by atoms with Crippen molar-refractivity contribution in [2.45, 2.75) is 26.8 Å². The molecule has 0 N–H and O–H groups in total. The van der Waals surface area contributed by atoms with Gasteiger partial charge < -0.3 is 4.74 Å². The van der Waals surface area contributed by atoms with Gasteiger partial charge in [0.05, 0.1) is 29.9 Å². The van der Waals surface area contributed by atoms with Crippen LogP contribution < -0.4 is 4.74 Å². The van der Waals surface area contributed by atoms with Gasteiger partial charge in [0.15, 0.2) is 5.78 Å². The molecule has 0 spiro atoms. The average Bonchev–Trinajstić information content (AvgIpc) is 2.98. The van der Waals surface area contributed by atoms with Gasteiger partial charge in [-0.1, -0.05) is 11.6 Å². The Balaban J connectivity index is 2.29. The number of ether oxygens (including phenoxy) is 1. The predicted octanol–water partition coefficient (Wildman–Crippen LogP) is 3.36. The number of ketones is 1. The molecule has 0 bridgehead atoms. The number of Topliss-reactive ketones (excluding diaryl/α,β-unsaturated/α-hetero) is 1. The number of hydrogen-bond acceptors (Lipinski definition) is 4. The Kier molecular flexibility index (Phi) is 4.27. The highest BCUT2D eigenvalue weighted by atomic mass is 35.5. The van der Waals surface area contributed by atoms with E-state index < -0.39 is 0 Å². The summed E-state index contributed by atoms with van der Waals surface area (Å²) in [7, 11) is 1.56. The van der Waals surface area contributed by atoms with E-state index in [1.165, 1.54) is 11.3 Å². The molecule has 0 unspecified atom stereocenters. The van der Waals surface area contributed by atoms with Crippen molar-refractivity contribution in [3.8, 4) is 5.75 Å². The Morgan fingerprint density at radius 2 is 2.32 bits per heavy atom. The lowest BCUT2D eigenvalue weighted by atomic mass is 10.1. The van der Waals surface area contributed by atoms with Crippen molar-refractivity contribution in [2.24, 2.45) is 0 Å². The summed E-state index contributed by atoms with van der Waals surface area (Å²) in [5.41, 5.74) is 1.52. The minimum absolute atomic E-state index is 0.00310. The minimum Gasteiger partial charge on any atom is -0.495 e. The van der Waals surface area contributed by atoms with Crippen molar-refractivity contribution in [1.29, 1.82) is 0 Å². The summed E-state index contributed by atoms with van der Waals surface area (Å²) in [5.74, 6) is 0.619. The van der Waals surface area contributed by atoms with Crippen LogP contribution in [-0.4, -0.2) is 22.7 Å². The fraction of sp³-hybridized carbons (Fsp3) is 0.385. The van der Waals surface area contributed by atoms with Crippen molar-refractivity contribution in [3.63, 3.8) is 0 Å². The Bertz CT molecular complexity index is 604. The molecule has 2 aromatic heterocycles. The molecule has 0 aliphatic heterocycles. The Labute approximate surface area is 121 Å². The SMILES string of the molecule is CCn1nc(C)c(Cl)c1CC(=O)c1sccc1OC. The molecular formula is C13H15ClN2O2S. The number of aryl methyl sites for hydroxylation is 2. The molecule has 0 aliphatic rings. The van der Waals surface area contributed by atoms with E-state index in [2.05, 4.69) is 5.10 Å². The van der Waals surface area contributed by atoms with Gasteiger partial charge in [-0.2, -0.15) is 5.10 Å². The monoisotopic (exact) mass is 298 g/mol.